The van der Waals surface area contributed by atoms with Crippen LogP contribution in [0.4, 0.5) is 13.2 Å². The van der Waals surface area contributed by atoms with Gasteiger partial charge in [-0.2, -0.15) is 13.2 Å². The number of carbonyl (C=O) groups is 1. The van der Waals surface area contributed by atoms with E-state index in [0.29, 0.717) is 48.8 Å². The van der Waals surface area contributed by atoms with Crippen LogP contribution in [-0.4, -0.2) is 54.8 Å². The average Bonchev–Trinajstić information content (AvgIpc) is 3.34. The van der Waals surface area contributed by atoms with Crippen LogP contribution in [0.1, 0.15) is 42.1 Å². The molecular weight excluding hydrogens is 449 g/mol. The van der Waals surface area contributed by atoms with Gasteiger partial charge in [0.1, 0.15) is 19.3 Å². The fourth-order valence-electron chi connectivity index (χ4n) is 4.34. The molecule has 2 aliphatic rings. The number of nitrogens with zero attached hydrogens (tertiary/aromatic N) is 1. The van der Waals surface area contributed by atoms with Crippen LogP contribution in [0, 0.1) is 0 Å². The van der Waals surface area contributed by atoms with Gasteiger partial charge in [-0.05, 0) is 67.7 Å². The van der Waals surface area contributed by atoms with Crippen molar-refractivity contribution < 1.29 is 32.5 Å². The van der Waals surface area contributed by atoms with Gasteiger partial charge in [0.2, 0.25) is 5.91 Å². The molecule has 9 heteroatoms. The molecule has 2 atom stereocenters. The Morgan fingerprint density at radius 2 is 1.71 bits per heavy atom. The Kier molecular flexibility index (Phi) is 7.63. The highest BCUT2D eigenvalue weighted by molar-refractivity contribution is 5.76. The van der Waals surface area contributed by atoms with E-state index in [2.05, 4.69) is 10.2 Å². The van der Waals surface area contributed by atoms with E-state index in [1.807, 2.05) is 0 Å². The molecule has 2 heterocycles. The van der Waals surface area contributed by atoms with E-state index >= 15 is 0 Å². The predicted octanol–water partition coefficient (Wildman–Crippen LogP) is 3.72. The van der Waals surface area contributed by atoms with Gasteiger partial charge in [0.05, 0.1) is 11.6 Å². The lowest BCUT2D eigenvalue weighted by Crippen LogP contribution is -2.46. The number of aliphatic hydroxyl groups excluding tert-OH is 1. The fraction of sp³-hybridized carbons (Fsp3) is 0.480. The Balaban J connectivity index is 1.40. The van der Waals surface area contributed by atoms with Crippen molar-refractivity contribution in [1.29, 1.82) is 0 Å². The van der Waals surface area contributed by atoms with Gasteiger partial charge in [-0.1, -0.05) is 18.2 Å². The molecule has 0 spiro atoms. The highest BCUT2D eigenvalue weighted by atomic mass is 19.4. The first-order chi connectivity index (χ1) is 16.3. The van der Waals surface area contributed by atoms with Crippen molar-refractivity contribution in [3.63, 3.8) is 0 Å². The minimum atomic E-state index is -4.39. The zero-order valence-electron chi connectivity index (χ0n) is 18.8. The van der Waals surface area contributed by atoms with Crippen LogP contribution >= 0.6 is 0 Å². The molecule has 1 saturated heterocycles. The number of nitrogens with one attached hydrogen (secondary N) is 1. The average molecular weight is 479 g/mol. The van der Waals surface area contributed by atoms with E-state index < -0.39 is 23.9 Å². The maximum atomic E-state index is 12.7. The van der Waals surface area contributed by atoms with E-state index in [1.54, 1.807) is 18.2 Å². The Labute approximate surface area is 196 Å². The number of aryl methyl sites for hydroxylation is 1. The van der Waals surface area contributed by atoms with Crippen LogP contribution in [0.2, 0.25) is 0 Å². The van der Waals surface area contributed by atoms with E-state index in [0.717, 1.165) is 38.1 Å². The number of benzene rings is 2. The smallest absolute Gasteiger partial charge is 0.416 e. The molecule has 34 heavy (non-hydrogen) atoms. The number of hydrogen-bond acceptors (Lipinski definition) is 5. The van der Waals surface area contributed by atoms with Crippen molar-refractivity contribution in [3.05, 3.63) is 59.2 Å². The predicted molar refractivity (Wildman–Crippen MR) is 120 cm³/mol. The first-order valence-electron chi connectivity index (χ1n) is 11.5. The SMILES string of the molecule is O=C(CCc1ccc(C(F)(F)F)cc1)N[C@H](CN1CCCC1)[C@H](O)c1ccc2c(c1)OCCO2. The first kappa shape index (κ1) is 24.3. The van der Waals surface area contributed by atoms with Gasteiger partial charge in [0, 0.05) is 13.0 Å². The van der Waals surface area contributed by atoms with Gasteiger partial charge in [-0.25, -0.2) is 0 Å². The summed E-state index contributed by atoms with van der Waals surface area (Å²) in [7, 11) is 0. The molecule has 184 valence electrons. The third kappa shape index (κ3) is 6.21. The molecule has 0 saturated carbocycles. The summed E-state index contributed by atoms with van der Waals surface area (Å²) in [5, 5.41) is 14.1. The second-order valence-electron chi connectivity index (χ2n) is 8.72. The van der Waals surface area contributed by atoms with Crippen molar-refractivity contribution in [3.8, 4) is 11.5 Å². The second kappa shape index (κ2) is 10.7. The Bertz CT molecular complexity index is 975. The fourth-order valence-corrected chi connectivity index (χ4v) is 4.34. The summed E-state index contributed by atoms with van der Waals surface area (Å²) >= 11 is 0. The monoisotopic (exact) mass is 478 g/mol. The van der Waals surface area contributed by atoms with E-state index in [9.17, 15) is 23.1 Å². The quantitative estimate of drug-likeness (QED) is 0.605. The molecule has 0 aromatic heterocycles. The number of rotatable bonds is 8. The van der Waals surface area contributed by atoms with Crippen LogP contribution in [0.5, 0.6) is 11.5 Å². The third-order valence-corrected chi connectivity index (χ3v) is 6.21. The molecule has 0 unspecified atom stereocenters. The van der Waals surface area contributed by atoms with Crippen LogP contribution in [-0.2, 0) is 17.4 Å². The number of fused-ring (bicyclic) bond motifs is 1. The van der Waals surface area contributed by atoms with E-state index in [1.165, 1.54) is 12.1 Å². The molecule has 1 amide bonds. The highest BCUT2D eigenvalue weighted by Gasteiger charge is 2.30. The minimum Gasteiger partial charge on any atom is -0.486 e. The van der Waals surface area contributed by atoms with E-state index in [4.69, 9.17) is 9.47 Å². The zero-order valence-corrected chi connectivity index (χ0v) is 18.8. The summed E-state index contributed by atoms with van der Waals surface area (Å²) in [5.41, 5.74) is 0.553. The molecule has 2 aliphatic heterocycles. The summed E-state index contributed by atoms with van der Waals surface area (Å²) in [5.74, 6) is 0.927. The molecule has 0 bridgehead atoms. The number of alkyl halides is 3. The highest BCUT2D eigenvalue weighted by Crippen LogP contribution is 2.34. The molecule has 2 aromatic carbocycles. The molecular formula is C25H29F3N2O4. The normalized spacial score (nSPS) is 17.9. The van der Waals surface area contributed by atoms with Crippen LogP contribution in [0.25, 0.3) is 0 Å². The lowest BCUT2D eigenvalue weighted by molar-refractivity contribution is -0.137. The third-order valence-electron chi connectivity index (χ3n) is 6.21. The number of hydrogen-bond donors (Lipinski definition) is 2. The van der Waals surface area contributed by atoms with Gasteiger partial charge < -0.3 is 24.8 Å². The summed E-state index contributed by atoms with van der Waals surface area (Å²) in [6, 6.07) is 9.55. The van der Waals surface area contributed by atoms with Gasteiger partial charge >= 0.3 is 6.18 Å². The lowest BCUT2D eigenvalue weighted by atomic mass is 10.00. The Morgan fingerprint density at radius 1 is 1.03 bits per heavy atom. The van der Waals surface area contributed by atoms with E-state index in [-0.39, 0.29) is 12.3 Å². The number of aliphatic hydroxyl groups is 1. The van der Waals surface area contributed by atoms with Gasteiger partial charge in [-0.15, -0.1) is 0 Å². The standard InChI is InChI=1S/C25H29F3N2O4/c26-25(27,28)19-7-3-17(4-8-19)5-10-23(31)29-20(16-30-11-1-2-12-30)24(32)18-6-9-21-22(15-18)34-14-13-33-21/h3-4,6-9,15,20,24,32H,1-2,5,10-14,16H2,(H,29,31)/t20-,24-/m1/s1. The molecule has 2 aromatic rings. The van der Waals surface area contributed by atoms with Gasteiger partial charge in [0.25, 0.3) is 0 Å². The Morgan fingerprint density at radius 3 is 2.38 bits per heavy atom. The number of carbonyl (C=O) groups excluding carboxylic acids is 1. The second-order valence-corrected chi connectivity index (χ2v) is 8.72. The molecule has 0 radical (unpaired) electrons. The molecule has 4 rings (SSSR count). The minimum absolute atomic E-state index is 0.107. The Hall–Kier alpha value is -2.78. The van der Waals surface area contributed by atoms with Crippen molar-refractivity contribution in [2.75, 3.05) is 32.8 Å². The van der Waals surface area contributed by atoms with Gasteiger partial charge in [0.15, 0.2) is 11.5 Å². The maximum absolute atomic E-state index is 12.7. The number of likely N-dealkylation sites (tertiary alicyclic amines) is 1. The van der Waals surface area contributed by atoms with Crippen LogP contribution < -0.4 is 14.8 Å². The van der Waals surface area contributed by atoms with Crippen molar-refractivity contribution in [1.82, 2.24) is 10.2 Å². The van der Waals surface area contributed by atoms with Crippen molar-refractivity contribution in [2.45, 2.75) is 44.0 Å². The topological polar surface area (TPSA) is 71.0 Å². The first-order valence-corrected chi connectivity index (χ1v) is 11.5. The van der Waals surface area contributed by atoms with Gasteiger partial charge in [-0.3, -0.25) is 4.79 Å². The number of amides is 1. The summed E-state index contributed by atoms with van der Waals surface area (Å²) in [6.07, 6.45) is -2.77. The molecule has 6 nitrogen and oxygen atoms in total. The number of ether oxygens (including phenoxy) is 2. The lowest BCUT2D eigenvalue weighted by Gasteiger charge is -2.29. The number of halogens is 3. The zero-order chi connectivity index (χ0) is 24.1. The molecule has 1 fully saturated rings. The largest absolute Gasteiger partial charge is 0.486 e. The maximum Gasteiger partial charge on any atom is 0.416 e. The molecule has 0 aliphatic carbocycles. The summed E-state index contributed by atoms with van der Waals surface area (Å²) in [6.45, 7) is 3.23. The van der Waals surface area contributed by atoms with Crippen molar-refractivity contribution >= 4 is 5.91 Å². The van der Waals surface area contributed by atoms with Crippen molar-refractivity contribution in [2.24, 2.45) is 0 Å². The van der Waals surface area contributed by atoms with Crippen LogP contribution in [0.3, 0.4) is 0 Å². The summed E-state index contributed by atoms with van der Waals surface area (Å²) < 4.78 is 49.4. The summed E-state index contributed by atoms with van der Waals surface area (Å²) in [4.78, 5) is 14.9. The van der Waals surface area contributed by atoms with Crippen LogP contribution in [0.15, 0.2) is 42.5 Å². The molecule has 2 N–H and O–H groups in total.